The quantitative estimate of drug-likeness (QED) is 0.684. The summed E-state index contributed by atoms with van der Waals surface area (Å²) in [5, 5.41) is 3.17. The molecule has 1 aliphatic carbocycles. The number of aromatic amines is 1. The Labute approximate surface area is 75.0 Å². The van der Waals surface area contributed by atoms with E-state index < -0.39 is 0 Å². The molecule has 4 heteroatoms. The zero-order valence-corrected chi connectivity index (χ0v) is 7.83. The lowest BCUT2D eigenvalue weighted by molar-refractivity contribution is 0.498. The second-order valence-corrected chi connectivity index (χ2v) is 4.00. The molecule has 12 heavy (non-hydrogen) atoms. The fraction of sp³-hybridized carbons (Fsp3) is 0.625. The summed E-state index contributed by atoms with van der Waals surface area (Å²) >= 11 is 1.49. The summed E-state index contributed by atoms with van der Waals surface area (Å²) in [6.45, 7) is 0. The number of rotatable bonds is 1. The Morgan fingerprint density at radius 2 is 2.50 bits per heavy atom. The maximum atomic E-state index is 11.3. The van der Waals surface area contributed by atoms with E-state index in [1.54, 1.807) is 0 Å². The minimum absolute atomic E-state index is 0.106. The summed E-state index contributed by atoms with van der Waals surface area (Å²) in [6, 6.07) is 0.281. The summed E-state index contributed by atoms with van der Waals surface area (Å²) in [5.41, 5.74) is 1.09. The van der Waals surface area contributed by atoms with Crippen LogP contribution in [0.4, 0.5) is 0 Å². The number of aromatic nitrogens is 1. The molecule has 2 N–H and O–H groups in total. The minimum Gasteiger partial charge on any atom is -0.313 e. The zero-order chi connectivity index (χ0) is 8.55. The molecule has 0 saturated carbocycles. The SMILES string of the molecule is CN[C@H]1CCCc2s[nH]c(=O)c21. The standard InChI is InChI=1S/C8H12N2OS/c1-9-5-3-2-4-6-7(5)8(11)10-12-6/h5,9H,2-4H2,1H3,(H,10,11)/t5-/m0/s1. The van der Waals surface area contributed by atoms with E-state index >= 15 is 0 Å². The van der Waals surface area contributed by atoms with Gasteiger partial charge >= 0.3 is 0 Å². The van der Waals surface area contributed by atoms with Crippen molar-refractivity contribution >= 4 is 11.5 Å². The van der Waals surface area contributed by atoms with Gasteiger partial charge in [0.1, 0.15) is 0 Å². The van der Waals surface area contributed by atoms with Crippen molar-refractivity contribution in [2.24, 2.45) is 0 Å². The van der Waals surface area contributed by atoms with E-state index in [1.807, 2.05) is 7.05 Å². The van der Waals surface area contributed by atoms with Gasteiger partial charge in [-0.05, 0) is 26.3 Å². The molecule has 1 atom stereocenters. The van der Waals surface area contributed by atoms with E-state index in [1.165, 1.54) is 22.8 Å². The third-order valence-corrected chi connectivity index (χ3v) is 3.36. The smallest absolute Gasteiger partial charge is 0.263 e. The lowest BCUT2D eigenvalue weighted by atomic mass is 9.95. The van der Waals surface area contributed by atoms with Crippen LogP contribution in [-0.4, -0.2) is 11.4 Å². The molecule has 3 nitrogen and oxygen atoms in total. The van der Waals surface area contributed by atoms with Crippen molar-refractivity contribution in [2.45, 2.75) is 25.3 Å². The van der Waals surface area contributed by atoms with E-state index in [0.29, 0.717) is 0 Å². The molecular formula is C8H12N2OS. The summed E-state index contributed by atoms with van der Waals surface area (Å²) in [4.78, 5) is 12.6. The first-order valence-corrected chi connectivity index (χ1v) is 5.02. The molecule has 0 fully saturated rings. The summed E-state index contributed by atoms with van der Waals surface area (Å²) in [6.07, 6.45) is 3.34. The Hall–Kier alpha value is -0.610. The van der Waals surface area contributed by atoms with Crippen LogP contribution in [0.15, 0.2) is 4.79 Å². The molecule has 0 aromatic carbocycles. The van der Waals surface area contributed by atoms with Crippen LogP contribution >= 0.6 is 11.5 Å². The van der Waals surface area contributed by atoms with Crippen LogP contribution in [0.5, 0.6) is 0 Å². The molecule has 0 bridgehead atoms. The molecule has 1 heterocycles. The van der Waals surface area contributed by atoms with Gasteiger partial charge in [0.05, 0.1) is 0 Å². The predicted octanol–water partition coefficient (Wildman–Crippen LogP) is 1.03. The van der Waals surface area contributed by atoms with E-state index in [-0.39, 0.29) is 11.6 Å². The molecule has 1 aromatic heterocycles. The summed E-state index contributed by atoms with van der Waals surface area (Å²) < 4.78 is 2.79. The summed E-state index contributed by atoms with van der Waals surface area (Å²) in [5.74, 6) is 0. The Kier molecular flexibility index (Phi) is 2.02. The zero-order valence-electron chi connectivity index (χ0n) is 7.02. The molecule has 0 saturated heterocycles. The summed E-state index contributed by atoms with van der Waals surface area (Å²) in [7, 11) is 1.91. The van der Waals surface area contributed by atoms with Crippen LogP contribution < -0.4 is 10.9 Å². The normalized spacial score (nSPS) is 22.2. The van der Waals surface area contributed by atoms with Crippen molar-refractivity contribution < 1.29 is 0 Å². The van der Waals surface area contributed by atoms with Gasteiger partial charge < -0.3 is 5.32 Å². The van der Waals surface area contributed by atoms with Crippen molar-refractivity contribution in [1.29, 1.82) is 0 Å². The average Bonchev–Trinajstić information content (AvgIpc) is 2.48. The Balaban J connectivity index is 2.48. The first-order valence-electron chi connectivity index (χ1n) is 4.20. The third kappa shape index (κ3) is 1.11. The molecule has 66 valence electrons. The van der Waals surface area contributed by atoms with Crippen molar-refractivity contribution in [2.75, 3.05) is 7.05 Å². The van der Waals surface area contributed by atoms with Crippen LogP contribution in [0.3, 0.4) is 0 Å². The lowest BCUT2D eigenvalue weighted by Crippen LogP contribution is -2.25. The lowest BCUT2D eigenvalue weighted by Gasteiger charge is -2.19. The van der Waals surface area contributed by atoms with Crippen molar-refractivity contribution in [3.05, 3.63) is 20.8 Å². The van der Waals surface area contributed by atoms with Crippen LogP contribution in [0.1, 0.15) is 29.3 Å². The number of fused-ring (bicyclic) bond motifs is 1. The van der Waals surface area contributed by atoms with Crippen molar-refractivity contribution in [3.63, 3.8) is 0 Å². The number of H-pyrrole nitrogens is 1. The number of hydrogen-bond acceptors (Lipinski definition) is 3. The van der Waals surface area contributed by atoms with Gasteiger partial charge in [-0.3, -0.25) is 9.17 Å². The van der Waals surface area contributed by atoms with Crippen molar-refractivity contribution in [3.8, 4) is 0 Å². The molecule has 0 amide bonds. The minimum atomic E-state index is 0.106. The second-order valence-electron chi connectivity index (χ2n) is 3.10. The molecule has 1 aromatic rings. The first-order chi connectivity index (χ1) is 5.83. The van der Waals surface area contributed by atoms with Crippen LogP contribution in [-0.2, 0) is 6.42 Å². The molecule has 0 spiro atoms. The van der Waals surface area contributed by atoms with E-state index in [0.717, 1.165) is 18.4 Å². The average molecular weight is 184 g/mol. The molecule has 0 unspecified atom stereocenters. The van der Waals surface area contributed by atoms with E-state index in [9.17, 15) is 4.79 Å². The molecule has 0 radical (unpaired) electrons. The molecule has 1 aliphatic rings. The number of aryl methyl sites for hydroxylation is 1. The third-order valence-electron chi connectivity index (χ3n) is 2.41. The monoisotopic (exact) mass is 184 g/mol. The fourth-order valence-corrected chi connectivity index (χ4v) is 2.70. The van der Waals surface area contributed by atoms with Gasteiger partial charge in [0, 0.05) is 16.5 Å². The van der Waals surface area contributed by atoms with Gasteiger partial charge in [-0.15, -0.1) is 0 Å². The van der Waals surface area contributed by atoms with Gasteiger partial charge in [-0.1, -0.05) is 11.5 Å². The Morgan fingerprint density at radius 3 is 3.25 bits per heavy atom. The van der Waals surface area contributed by atoms with Crippen LogP contribution in [0, 0.1) is 0 Å². The van der Waals surface area contributed by atoms with Crippen LogP contribution in [0.2, 0.25) is 0 Å². The van der Waals surface area contributed by atoms with Crippen molar-refractivity contribution in [1.82, 2.24) is 9.69 Å². The largest absolute Gasteiger partial charge is 0.313 e. The molecule has 2 rings (SSSR count). The van der Waals surface area contributed by atoms with Gasteiger partial charge in [-0.25, -0.2) is 0 Å². The maximum Gasteiger partial charge on any atom is 0.263 e. The Morgan fingerprint density at radius 1 is 1.67 bits per heavy atom. The van der Waals surface area contributed by atoms with Gasteiger partial charge in [0.15, 0.2) is 0 Å². The van der Waals surface area contributed by atoms with Gasteiger partial charge in [0.25, 0.3) is 5.56 Å². The highest BCUT2D eigenvalue weighted by molar-refractivity contribution is 7.05. The van der Waals surface area contributed by atoms with Gasteiger partial charge in [-0.2, -0.15) is 0 Å². The predicted molar refractivity (Wildman–Crippen MR) is 49.7 cm³/mol. The highest BCUT2D eigenvalue weighted by Crippen LogP contribution is 2.28. The van der Waals surface area contributed by atoms with E-state index in [4.69, 9.17) is 0 Å². The maximum absolute atomic E-state index is 11.3. The number of hydrogen-bond donors (Lipinski definition) is 2. The molecule has 0 aliphatic heterocycles. The highest BCUT2D eigenvalue weighted by Gasteiger charge is 2.23. The highest BCUT2D eigenvalue weighted by atomic mass is 32.1. The number of nitrogens with one attached hydrogen (secondary N) is 2. The van der Waals surface area contributed by atoms with Crippen LogP contribution in [0.25, 0.3) is 0 Å². The Bertz CT molecular complexity index is 328. The fourth-order valence-electron chi connectivity index (χ4n) is 1.78. The topological polar surface area (TPSA) is 44.9 Å². The van der Waals surface area contributed by atoms with E-state index in [2.05, 4.69) is 9.69 Å². The second kappa shape index (κ2) is 3.03. The van der Waals surface area contributed by atoms with Gasteiger partial charge in [0.2, 0.25) is 0 Å². The first kappa shape index (κ1) is 8.01. The molecular weight excluding hydrogens is 172 g/mol.